The number of amidine groups is 1. The van der Waals surface area contributed by atoms with Gasteiger partial charge >= 0.3 is 0 Å². The van der Waals surface area contributed by atoms with E-state index < -0.39 is 0 Å². The first-order valence-electron chi connectivity index (χ1n) is 6.44. The van der Waals surface area contributed by atoms with Crippen molar-refractivity contribution in [1.29, 1.82) is 0 Å². The van der Waals surface area contributed by atoms with E-state index in [1.54, 1.807) is 11.8 Å². The summed E-state index contributed by atoms with van der Waals surface area (Å²) in [6, 6.07) is 8.10. The third-order valence-corrected chi connectivity index (χ3v) is 4.63. The van der Waals surface area contributed by atoms with Gasteiger partial charge in [-0.2, -0.15) is 0 Å². The van der Waals surface area contributed by atoms with Gasteiger partial charge in [0.25, 0.3) is 0 Å². The SMILES string of the molecule is CN(C)CCN1C(=O)C[C@H]2Sc3ccccc3N=C21. The number of fused-ring (bicyclic) bond motifs is 2. The van der Waals surface area contributed by atoms with Crippen molar-refractivity contribution in [2.24, 2.45) is 4.99 Å². The number of hydrogen-bond donors (Lipinski definition) is 0. The van der Waals surface area contributed by atoms with Crippen LogP contribution in [0, 0.1) is 0 Å². The lowest BCUT2D eigenvalue weighted by atomic mass is 10.3. The lowest BCUT2D eigenvalue weighted by Gasteiger charge is -2.24. The number of nitrogens with zero attached hydrogens (tertiary/aromatic N) is 3. The minimum atomic E-state index is 0.199. The molecule has 2 aliphatic rings. The Balaban J connectivity index is 1.88. The van der Waals surface area contributed by atoms with Crippen LogP contribution in [0.5, 0.6) is 0 Å². The highest BCUT2D eigenvalue weighted by Gasteiger charge is 2.39. The molecule has 1 atom stereocenters. The second-order valence-electron chi connectivity index (χ2n) is 5.10. The molecule has 2 aliphatic heterocycles. The molecule has 0 radical (unpaired) electrons. The number of rotatable bonds is 3. The number of amides is 1. The predicted molar refractivity (Wildman–Crippen MR) is 78.1 cm³/mol. The van der Waals surface area contributed by atoms with E-state index in [-0.39, 0.29) is 11.2 Å². The average molecular weight is 275 g/mol. The highest BCUT2D eigenvalue weighted by atomic mass is 32.2. The summed E-state index contributed by atoms with van der Waals surface area (Å²) in [6.45, 7) is 1.59. The van der Waals surface area contributed by atoms with E-state index in [2.05, 4.69) is 11.0 Å². The fourth-order valence-corrected chi connectivity index (χ4v) is 3.56. The molecule has 19 heavy (non-hydrogen) atoms. The summed E-state index contributed by atoms with van der Waals surface area (Å²) in [5.74, 6) is 1.14. The van der Waals surface area contributed by atoms with Crippen molar-refractivity contribution in [3.05, 3.63) is 24.3 Å². The molecule has 3 rings (SSSR count). The maximum atomic E-state index is 12.1. The molecule has 4 nitrogen and oxygen atoms in total. The quantitative estimate of drug-likeness (QED) is 0.846. The number of benzene rings is 1. The first kappa shape index (κ1) is 12.7. The fraction of sp³-hybridized carbons (Fsp3) is 0.429. The summed E-state index contributed by atoms with van der Waals surface area (Å²) < 4.78 is 0. The third kappa shape index (κ3) is 2.40. The third-order valence-electron chi connectivity index (χ3n) is 3.37. The molecule has 2 heterocycles. The molecule has 0 N–H and O–H groups in total. The second kappa shape index (κ2) is 4.98. The van der Waals surface area contributed by atoms with Gasteiger partial charge in [-0.05, 0) is 26.2 Å². The van der Waals surface area contributed by atoms with E-state index in [4.69, 9.17) is 4.99 Å². The highest BCUT2D eigenvalue weighted by molar-refractivity contribution is 8.01. The number of aliphatic imine (C=N–C) groups is 1. The van der Waals surface area contributed by atoms with Gasteiger partial charge in [-0.25, -0.2) is 4.99 Å². The van der Waals surface area contributed by atoms with Crippen LogP contribution in [0.3, 0.4) is 0 Å². The van der Waals surface area contributed by atoms with Gasteiger partial charge in [0.2, 0.25) is 5.91 Å². The Bertz CT molecular complexity index is 541. The summed E-state index contributed by atoms with van der Waals surface area (Å²) >= 11 is 1.76. The van der Waals surface area contributed by atoms with Crippen LogP contribution in [0.4, 0.5) is 5.69 Å². The largest absolute Gasteiger partial charge is 0.308 e. The fourth-order valence-electron chi connectivity index (χ4n) is 2.35. The van der Waals surface area contributed by atoms with Crippen LogP contribution in [0.15, 0.2) is 34.2 Å². The molecule has 1 amide bonds. The van der Waals surface area contributed by atoms with Gasteiger partial charge in [-0.15, -0.1) is 11.8 Å². The Morgan fingerprint density at radius 1 is 1.42 bits per heavy atom. The van der Waals surface area contributed by atoms with E-state index >= 15 is 0 Å². The Morgan fingerprint density at radius 3 is 3.00 bits per heavy atom. The van der Waals surface area contributed by atoms with Crippen LogP contribution in [0.1, 0.15) is 6.42 Å². The van der Waals surface area contributed by atoms with Gasteiger partial charge in [0.05, 0.1) is 10.9 Å². The van der Waals surface area contributed by atoms with Crippen LogP contribution in [-0.2, 0) is 4.79 Å². The number of likely N-dealkylation sites (N-methyl/N-ethyl adjacent to an activating group) is 1. The number of likely N-dealkylation sites (tertiary alicyclic amines) is 1. The molecule has 1 aromatic rings. The predicted octanol–water partition coefficient (Wildman–Crippen LogP) is 1.98. The Hall–Kier alpha value is -1.33. The van der Waals surface area contributed by atoms with Crippen LogP contribution >= 0.6 is 11.8 Å². The number of hydrogen-bond acceptors (Lipinski definition) is 4. The lowest BCUT2D eigenvalue weighted by Crippen LogP contribution is -2.37. The summed E-state index contributed by atoms with van der Waals surface area (Å²) in [6.07, 6.45) is 0.575. The molecule has 1 aromatic carbocycles. The van der Waals surface area contributed by atoms with Crippen LogP contribution < -0.4 is 0 Å². The summed E-state index contributed by atoms with van der Waals surface area (Å²) in [5.41, 5.74) is 0.989. The molecule has 100 valence electrons. The number of carbonyl (C=O) groups is 1. The Kier molecular flexibility index (Phi) is 3.33. The summed E-state index contributed by atoms with van der Waals surface area (Å²) in [7, 11) is 4.04. The first-order valence-corrected chi connectivity index (χ1v) is 7.32. The molecule has 1 saturated heterocycles. The maximum Gasteiger partial charge on any atom is 0.229 e. The molecule has 5 heteroatoms. The standard InChI is InChI=1S/C14H17N3OS/c1-16(2)7-8-17-13(18)9-12-14(17)15-10-5-3-4-6-11(10)19-12/h3-6,12H,7-9H2,1-2H3/t12-/m1/s1. The zero-order valence-corrected chi connectivity index (χ0v) is 12.0. The van der Waals surface area contributed by atoms with Crippen LogP contribution in [0.25, 0.3) is 0 Å². The van der Waals surface area contributed by atoms with Crippen molar-refractivity contribution in [2.45, 2.75) is 16.6 Å². The van der Waals surface area contributed by atoms with Crippen LogP contribution in [-0.4, -0.2) is 54.0 Å². The lowest BCUT2D eigenvalue weighted by molar-refractivity contribution is -0.125. The first-order chi connectivity index (χ1) is 9.15. The van der Waals surface area contributed by atoms with Gasteiger partial charge in [0.1, 0.15) is 5.84 Å². The highest BCUT2D eigenvalue weighted by Crippen LogP contribution is 2.42. The minimum Gasteiger partial charge on any atom is -0.308 e. The topological polar surface area (TPSA) is 35.9 Å². The Labute approximate surface area is 117 Å². The zero-order valence-electron chi connectivity index (χ0n) is 11.2. The van der Waals surface area contributed by atoms with Crippen molar-refractivity contribution < 1.29 is 4.79 Å². The van der Waals surface area contributed by atoms with E-state index in [1.165, 1.54) is 4.90 Å². The number of carbonyl (C=O) groups excluding carboxylic acids is 1. The number of thioether (sulfide) groups is 1. The second-order valence-corrected chi connectivity index (χ2v) is 6.34. The maximum absolute atomic E-state index is 12.1. The molecular weight excluding hydrogens is 258 g/mol. The van der Waals surface area contributed by atoms with Gasteiger partial charge < -0.3 is 4.90 Å². The van der Waals surface area contributed by atoms with E-state index in [1.807, 2.05) is 37.2 Å². The monoisotopic (exact) mass is 275 g/mol. The van der Waals surface area contributed by atoms with Crippen molar-refractivity contribution in [1.82, 2.24) is 9.80 Å². The molecule has 0 unspecified atom stereocenters. The van der Waals surface area contributed by atoms with Crippen LogP contribution in [0.2, 0.25) is 0 Å². The molecule has 0 spiro atoms. The van der Waals surface area contributed by atoms with Crippen molar-refractivity contribution in [2.75, 3.05) is 27.2 Å². The minimum absolute atomic E-state index is 0.199. The van der Waals surface area contributed by atoms with Gasteiger partial charge in [0, 0.05) is 24.4 Å². The van der Waals surface area contributed by atoms with Crippen molar-refractivity contribution in [3.63, 3.8) is 0 Å². The van der Waals surface area contributed by atoms with Gasteiger partial charge in [-0.1, -0.05) is 12.1 Å². The van der Waals surface area contributed by atoms with E-state index in [0.717, 1.165) is 24.6 Å². The molecule has 0 aliphatic carbocycles. The molecule has 0 saturated carbocycles. The molecule has 0 aromatic heterocycles. The summed E-state index contributed by atoms with van der Waals surface area (Å²) in [5, 5.41) is 0.199. The zero-order chi connectivity index (χ0) is 13.4. The van der Waals surface area contributed by atoms with E-state index in [0.29, 0.717) is 6.42 Å². The van der Waals surface area contributed by atoms with E-state index in [9.17, 15) is 4.79 Å². The van der Waals surface area contributed by atoms with Crippen molar-refractivity contribution >= 4 is 29.2 Å². The number of para-hydroxylation sites is 1. The normalized spacial score (nSPS) is 21.4. The molecule has 0 bridgehead atoms. The van der Waals surface area contributed by atoms with Gasteiger partial charge in [-0.3, -0.25) is 9.69 Å². The van der Waals surface area contributed by atoms with Gasteiger partial charge in [0.15, 0.2) is 0 Å². The average Bonchev–Trinajstić information content (AvgIpc) is 2.68. The molecular formula is C14H17N3OS. The smallest absolute Gasteiger partial charge is 0.229 e. The summed E-state index contributed by atoms with van der Waals surface area (Å²) in [4.78, 5) is 21.9. The Morgan fingerprint density at radius 2 is 2.21 bits per heavy atom. The van der Waals surface area contributed by atoms with Crippen molar-refractivity contribution in [3.8, 4) is 0 Å². The molecule has 1 fully saturated rings.